The second kappa shape index (κ2) is 32.3. The number of imidazole rings is 3. The van der Waals surface area contributed by atoms with Crippen molar-refractivity contribution < 1.29 is 22.6 Å². The molecule has 0 bridgehead atoms. The molecule has 0 N–H and O–H groups in total. The van der Waals surface area contributed by atoms with Crippen molar-refractivity contribution in [1.82, 2.24) is 58.6 Å². The Bertz CT molecular complexity index is 7680. The zero-order valence-electron chi connectivity index (χ0n) is 67.6. The van der Waals surface area contributed by atoms with E-state index in [0.29, 0.717) is 23.3 Å². The Hall–Kier alpha value is -15.4. The number of hydrogen-bond acceptors (Lipinski definition) is 14. The molecule has 0 atom stereocenters. The minimum absolute atomic E-state index is 0.101. The number of terminal acetylenes is 1. The summed E-state index contributed by atoms with van der Waals surface area (Å²) >= 11 is 11.3. The number of aromatic nitrogens is 12. The van der Waals surface area contributed by atoms with Crippen molar-refractivity contribution in [2.45, 2.75) is 45.8 Å². The van der Waals surface area contributed by atoms with E-state index in [4.69, 9.17) is 82.1 Å². The van der Waals surface area contributed by atoms with Crippen LogP contribution in [-0.4, -0.2) is 76.9 Å². The molecule has 0 unspecified atom stereocenters. The van der Waals surface area contributed by atoms with Gasteiger partial charge in [0.05, 0.1) is 44.3 Å². The average Bonchev–Trinajstić information content (AvgIpc) is 1.60. The van der Waals surface area contributed by atoms with Crippen LogP contribution < -0.4 is 5.46 Å². The molecule has 0 spiro atoms. The highest BCUT2D eigenvalue weighted by atomic mass is 35.5. The van der Waals surface area contributed by atoms with E-state index in [0.717, 1.165) is 178 Å². The molecule has 1 fully saturated rings. The average molecular weight is 1650 g/mol. The van der Waals surface area contributed by atoms with Crippen molar-refractivity contribution in [2.75, 3.05) is 0 Å². The van der Waals surface area contributed by atoms with Crippen molar-refractivity contribution in [1.29, 1.82) is 0 Å². The van der Waals surface area contributed by atoms with Crippen molar-refractivity contribution in [3.05, 3.63) is 344 Å². The molecule has 0 radical (unpaired) electrons. The SMILES string of the molecule is C#CC#CC.CC1(C)OB(c2cccc3oc4ccc(-c5nc6ccccc6n5-c5ccccc5)cc4c23)OC1(C)C.Clc1nc(Cl)nc(-c2ccccc2)n1.c1ccc(-c2nc(-c3cccc4oc5ccc(-c6nc7ccccc7n6-c6ccccc6)cc5c34)nc(-c3cccc4oc5ccc(-c6nc7ccccc7n6-c6ccccc6)cc5c34)n2)cc1. The van der Waals surface area contributed by atoms with Gasteiger partial charge in [-0.2, -0.15) is 15.0 Å². The standard InChI is InChI=1S/C59H35N7O2.C31H27BN2O3.C9H5Cl2N3.C5H4/c1-4-16-36(17-5-1)55-62-56(41-22-14-28-51-53(41)43-34-37(30-32-49(43)67-51)58-60-45-24-10-12-26-47(45)65(58)39-18-6-2-7-19-39)64-57(63-55)42-23-15-29-52-54(42)44-35-38(31-33-50(44)68-52)59-61-46-25-11-13-27-48(46)66(59)40-20-8-3-9-21-40;1-30(2)31(3,4)37-32(36-30)23-13-10-16-27-28(23)22-19-20(17-18-26(22)35-27)29-33-24-14-8-9-15-25(24)34(29)21-11-6-5-7-12-21;10-8-12-7(13-9(11)14-8)6-4-2-1-3-5-6;1-3-5-4-2/h1-35H;5-19H,1-4H3;1-5H;1H,2H3. The van der Waals surface area contributed by atoms with Gasteiger partial charge in [0, 0.05) is 88.3 Å². The lowest BCUT2D eigenvalue weighted by Gasteiger charge is -2.32. The van der Waals surface area contributed by atoms with Crippen molar-refractivity contribution in [3.8, 4) is 121 Å². The van der Waals surface area contributed by atoms with E-state index in [1.807, 2.05) is 152 Å². The first-order valence-electron chi connectivity index (χ1n) is 40.3. The van der Waals surface area contributed by atoms with Crippen LogP contribution in [0.25, 0.3) is 196 Å². The summed E-state index contributed by atoms with van der Waals surface area (Å²) in [5, 5.41) is 5.90. The largest absolute Gasteiger partial charge is 0.495 e. The molecule has 124 heavy (non-hydrogen) atoms. The van der Waals surface area contributed by atoms with Gasteiger partial charge in [-0.3, -0.25) is 13.7 Å². The van der Waals surface area contributed by atoms with Gasteiger partial charge >= 0.3 is 7.12 Å². The van der Waals surface area contributed by atoms with Crippen molar-refractivity contribution >= 4 is 135 Å². The number of benzene rings is 14. The molecule has 17 nitrogen and oxygen atoms in total. The van der Waals surface area contributed by atoms with Gasteiger partial charge in [0.15, 0.2) is 23.3 Å². The molecular weight excluding hydrogens is 1580 g/mol. The number of para-hydroxylation sites is 9. The van der Waals surface area contributed by atoms with Crippen molar-refractivity contribution in [3.63, 3.8) is 0 Å². The van der Waals surface area contributed by atoms with E-state index in [9.17, 15) is 0 Å². The van der Waals surface area contributed by atoms with Crippen LogP contribution in [0.4, 0.5) is 0 Å². The van der Waals surface area contributed by atoms with Crippen LogP contribution in [0, 0.1) is 24.2 Å². The predicted octanol–water partition coefficient (Wildman–Crippen LogP) is 25.1. The highest BCUT2D eigenvalue weighted by Crippen LogP contribution is 2.45. The maximum atomic E-state index is 6.59. The molecule has 0 amide bonds. The Balaban J connectivity index is 0.000000144. The van der Waals surface area contributed by atoms with Gasteiger partial charge in [-0.25, -0.2) is 29.9 Å². The van der Waals surface area contributed by atoms with E-state index in [1.165, 1.54) is 0 Å². The summed E-state index contributed by atoms with van der Waals surface area (Å²) in [5.74, 6) is 11.7. The van der Waals surface area contributed by atoms with Gasteiger partial charge in [-0.15, -0.1) is 6.42 Å². The smallest absolute Gasteiger partial charge is 0.456 e. The summed E-state index contributed by atoms with van der Waals surface area (Å²) < 4.78 is 39.0. The van der Waals surface area contributed by atoms with Gasteiger partial charge in [0.1, 0.15) is 51.0 Å². The van der Waals surface area contributed by atoms with Crippen molar-refractivity contribution in [2.24, 2.45) is 0 Å². The summed E-state index contributed by atoms with van der Waals surface area (Å²) in [7, 11) is -0.480. The van der Waals surface area contributed by atoms with E-state index in [2.05, 4.69) is 256 Å². The molecule has 20 heteroatoms. The summed E-state index contributed by atoms with van der Waals surface area (Å²) in [6.07, 6.45) is 4.72. The molecule has 0 saturated carbocycles. The summed E-state index contributed by atoms with van der Waals surface area (Å²) in [6.45, 7) is 10.0. The maximum absolute atomic E-state index is 6.59. The molecular formula is C104H71BCl2N12O5. The molecule has 1 saturated heterocycles. The minimum Gasteiger partial charge on any atom is -0.456 e. The number of nitrogens with zero attached hydrogens (tertiary/aromatic N) is 12. The second-order valence-electron chi connectivity index (χ2n) is 30.6. The first-order valence-corrected chi connectivity index (χ1v) is 41.1. The van der Waals surface area contributed by atoms with Gasteiger partial charge in [0.25, 0.3) is 0 Å². The summed E-state index contributed by atoms with van der Waals surface area (Å²) in [4.78, 5) is 42.8. The molecule has 1 aliphatic rings. The van der Waals surface area contributed by atoms with Gasteiger partial charge in [0.2, 0.25) is 10.6 Å². The van der Waals surface area contributed by atoms with Crippen LogP contribution in [-0.2, 0) is 9.31 Å². The van der Waals surface area contributed by atoms with Crippen LogP contribution in [0.5, 0.6) is 0 Å². The topological polar surface area (TPSA) is 189 Å². The molecule has 9 heterocycles. The van der Waals surface area contributed by atoms with Gasteiger partial charge < -0.3 is 22.6 Å². The number of furan rings is 3. The Labute approximate surface area is 722 Å². The summed E-state index contributed by atoms with van der Waals surface area (Å²) in [5.41, 5.74) is 20.1. The number of hydrogen-bond donors (Lipinski definition) is 0. The molecule has 22 aromatic rings. The zero-order valence-corrected chi connectivity index (χ0v) is 69.1. The third-order valence-electron chi connectivity index (χ3n) is 22.5. The van der Waals surface area contributed by atoms with Crippen LogP contribution in [0.3, 0.4) is 0 Å². The fourth-order valence-corrected chi connectivity index (χ4v) is 16.4. The summed E-state index contributed by atoms with van der Waals surface area (Å²) in [6, 6.07) is 112. The Morgan fingerprint density at radius 1 is 0.315 bits per heavy atom. The van der Waals surface area contributed by atoms with Crippen LogP contribution in [0.2, 0.25) is 10.6 Å². The van der Waals surface area contributed by atoms with Crippen LogP contribution >= 0.6 is 23.2 Å². The first-order chi connectivity index (χ1) is 60.7. The molecule has 8 aromatic heterocycles. The molecule has 0 aliphatic carbocycles. The van der Waals surface area contributed by atoms with Gasteiger partial charge in [-0.1, -0.05) is 194 Å². The quantitative estimate of drug-likeness (QED) is 0.0878. The second-order valence-corrected chi connectivity index (χ2v) is 31.3. The highest BCUT2D eigenvalue weighted by Gasteiger charge is 2.52. The third-order valence-corrected chi connectivity index (χ3v) is 22.8. The molecule has 14 aromatic carbocycles. The Kier molecular flexibility index (Phi) is 20.1. The zero-order chi connectivity index (χ0) is 84.2. The first kappa shape index (κ1) is 77.2. The lowest BCUT2D eigenvalue weighted by Crippen LogP contribution is -2.41. The highest BCUT2D eigenvalue weighted by molar-refractivity contribution is 6.66. The van der Waals surface area contributed by atoms with E-state index in [-0.39, 0.29) is 10.6 Å². The lowest BCUT2D eigenvalue weighted by atomic mass is 9.76. The van der Waals surface area contributed by atoms with E-state index >= 15 is 0 Å². The minimum atomic E-state index is -0.480. The fraction of sp³-hybridized carbons (Fsp3) is 0.0673. The Morgan fingerprint density at radius 3 is 1.02 bits per heavy atom. The maximum Gasteiger partial charge on any atom is 0.495 e. The Morgan fingerprint density at radius 2 is 0.645 bits per heavy atom. The lowest BCUT2D eigenvalue weighted by molar-refractivity contribution is 0.00578. The number of rotatable bonds is 11. The molecule has 594 valence electrons. The van der Waals surface area contributed by atoms with Crippen LogP contribution in [0.1, 0.15) is 34.6 Å². The third kappa shape index (κ3) is 14.4. The normalized spacial score (nSPS) is 12.8. The van der Waals surface area contributed by atoms with Gasteiger partial charge in [-0.05, 0) is 221 Å². The number of fused-ring (bicyclic) bond motifs is 12. The monoisotopic (exact) mass is 1650 g/mol. The van der Waals surface area contributed by atoms with E-state index in [1.54, 1.807) is 6.92 Å². The van der Waals surface area contributed by atoms with E-state index < -0.39 is 18.3 Å². The predicted molar refractivity (Wildman–Crippen MR) is 498 cm³/mol. The fourth-order valence-electron chi connectivity index (χ4n) is 16.1. The number of halogens is 2. The van der Waals surface area contributed by atoms with Crippen LogP contribution in [0.15, 0.2) is 347 Å². The molecule has 23 rings (SSSR count). The molecule has 1 aliphatic heterocycles.